The minimum Gasteiger partial charge on any atom is -0.380 e. The molecule has 3 rings (SSSR count). The van der Waals surface area contributed by atoms with E-state index in [1.807, 2.05) is 0 Å². The number of hydrogen-bond acceptors (Lipinski definition) is 4. The van der Waals surface area contributed by atoms with Crippen molar-refractivity contribution in [2.24, 2.45) is 4.99 Å². The molecule has 2 aliphatic rings. The standard InChI is InChI=1S/C20H31N3O3/c1-3-21-20(22-13-16-6-8-17(9-7-16)15-24-2)23-10-12-26-19(14-23)18-5-4-11-25-18/h6-9,18-19H,3-5,10-15H2,1-2H3,(H,21,22). The lowest BCUT2D eigenvalue weighted by atomic mass is 10.1. The van der Waals surface area contributed by atoms with Crippen LogP contribution in [-0.2, 0) is 27.4 Å². The second-order valence-electron chi connectivity index (χ2n) is 6.83. The third kappa shape index (κ3) is 5.19. The molecule has 2 atom stereocenters. The van der Waals surface area contributed by atoms with E-state index in [4.69, 9.17) is 19.2 Å². The average molecular weight is 361 g/mol. The summed E-state index contributed by atoms with van der Waals surface area (Å²) in [5, 5.41) is 3.42. The van der Waals surface area contributed by atoms with E-state index in [2.05, 4.69) is 41.4 Å². The van der Waals surface area contributed by atoms with Crippen molar-refractivity contribution in [2.75, 3.05) is 40.0 Å². The lowest BCUT2D eigenvalue weighted by Crippen LogP contribution is -2.53. The Balaban J connectivity index is 1.62. The Morgan fingerprint density at radius 1 is 1.19 bits per heavy atom. The van der Waals surface area contributed by atoms with Gasteiger partial charge >= 0.3 is 0 Å². The highest BCUT2D eigenvalue weighted by atomic mass is 16.5. The fourth-order valence-corrected chi connectivity index (χ4v) is 3.49. The zero-order valence-corrected chi connectivity index (χ0v) is 15.9. The Morgan fingerprint density at radius 3 is 2.65 bits per heavy atom. The number of guanidine groups is 1. The number of nitrogens with one attached hydrogen (secondary N) is 1. The molecule has 2 aliphatic heterocycles. The fourth-order valence-electron chi connectivity index (χ4n) is 3.49. The first-order chi connectivity index (χ1) is 12.8. The van der Waals surface area contributed by atoms with Crippen LogP contribution in [-0.4, -0.2) is 63.0 Å². The Labute approximate surface area is 156 Å². The number of ether oxygens (including phenoxy) is 3. The van der Waals surface area contributed by atoms with Gasteiger partial charge in [0.05, 0.1) is 25.9 Å². The highest BCUT2D eigenvalue weighted by molar-refractivity contribution is 5.80. The fraction of sp³-hybridized carbons (Fsp3) is 0.650. The molecule has 0 bridgehead atoms. The topological polar surface area (TPSA) is 55.3 Å². The van der Waals surface area contributed by atoms with Crippen molar-refractivity contribution in [3.8, 4) is 0 Å². The van der Waals surface area contributed by atoms with Gasteiger partial charge in [-0.25, -0.2) is 4.99 Å². The quantitative estimate of drug-likeness (QED) is 0.622. The zero-order valence-electron chi connectivity index (χ0n) is 15.9. The predicted octanol–water partition coefficient (Wildman–Crippen LogP) is 2.18. The van der Waals surface area contributed by atoms with E-state index in [1.54, 1.807) is 7.11 Å². The number of benzene rings is 1. The summed E-state index contributed by atoms with van der Waals surface area (Å²) in [5.74, 6) is 0.958. The van der Waals surface area contributed by atoms with Crippen molar-refractivity contribution in [3.05, 3.63) is 35.4 Å². The predicted molar refractivity (Wildman–Crippen MR) is 102 cm³/mol. The van der Waals surface area contributed by atoms with Gasteiger partial charge in [-0.2, -0.15) is 0 Å². The normalized spacial score (nSPS) is 24.1. The summed E-state index contributed by atoms with van der Waals surface area (Å²) in [6.45, 7) is 7.55. The number of rotatable bonds is 6. The monoisotopic (exact) mass is 361 g/mol. The van der Waals surface area contributed by atoms with E-state index < -0.39 is 0 Å². The van der Waals surface area contributed by atoms with Crippen LogP contribution in [0.2, 0.25) is 0 Å². The lowest BCUT2D eigenvalue weighted by Gasteiger charge is -2.37. The lowest BCUT2D eigenvalue weighted by molar-refractivity contribution is -0.0817. The number of aliphatic imine (C=N–C) groups is 1. The van der Waals surface area contributed by atoms with Crippen molar-refractivity contribution >= 4 is 5.96 Å². The summed E-state index contributed by atoms with van der Waals surface area (Å²) in [4.78, 5) is 7.15. The highest BCUT2D eigenvalue weighted by Gasteiger charge is 2.32. The van der Waals surface area contributed by atoms with Gasteiger partial charge in [0.25, 0.3) is 0 Å². The van der Waals surface area contributed by atoms with E-state index >= 15 is 0 Å². The summed E-state index contributed by atoms with van der Waals surface area (Å²) in [5.41, 5.74) is 2.38. The number of hydrogen-bond donors (Lipinski definition) is 1. The van der Waals surface area contributed by atoms with Gasteiger partial charge in [0.1, 0.15) is 6.10 Å². The van der Waals surface area contributed by atoms with Crippen molar-refractivity contribution in [1.82, 2.24) is 10.2 Å². The van der Waals surface area contributed by atoms with Gasteiger partial charge in [0, 0.05) is 33.4 Å². The smallest absolute Gasteiger partial charge is 0.194 e. The molecule has 0 radical (unpaired) electrons. The van der Waals surface area contributed by atoms with Crippen molar-refractivity contribution in [1.29, 1.82) is 0 Å². The van der Waals surface area contributed by atoms with Gasteiger partial charge in [-0.05, 0) is 30.9 Å². The minimum atomic E-state index is 0.142. The molecule has 1 aromatic carbocycles. The molecule has 144 valence electrons. The van der Waals surface area contributed by atoms with Crippen LogP contribution in [0.5, 0.6) is 0 Å². The first-order valence-corrected chi connectivity index (χ1v) is 9.63. The van der Waals surface area contributed by atoms with Crippen molar-refractivity contribution in [3.63, 3.8) is 0 Å². The SMILES string of the molecule is CCNC(=NCc1ccc(COC)cc1)N1CCOC(C2CCCO2)C1. The van der Waals surface area contributed by atoms with Crippen LogP contribution >= 0.6 is 0 Å². The molecule has 0 aliphatic carbocycles. The molecule has 1 aromatic rings. The summed E-state index contributed by atoms with van der Waals surface area (Å²) in [6.07, 6.45) is 2.61. The molecule has 2 unspecified atom stereocenters. The third-order valence-corrected chi connectivity index (χ3v) is 4.85. The average Bonchev–Trinajstić information content (AvgIpc) is 3.21. The van der Waals surface area contributed by atoms with Crippen LogP contribution in [0.1, 0.15) is 30.9 Å². The zero-order chi connectivity index (χ0) is 18.2. The van der Waals surface area contributed by atoms with E-state index in [9.17, 15) is 0 Å². The van der Waals surface area contributed by atoms with E-state index in [0.29, 0.717) is 13.2 Å². The molecule has 6 nitrogen and oxygen atoms in total. The Bertz CT molecular complexity index is 570. The van der Waals surface area contributed by atoms with E-state index in [0.717, 1.165) is 51.6 Å². The van der Waals surface area contributed by atoms with E-state index in [1.165, 1.54) is 11.1 Å². The molecule has 0 aromatic heterocycles. The molecule has 2 fully saturated rings. The van der Waals surface area contributed by atoms with Gasteiger partial charge < -0.3 is 24.4 Å². The van der Waals surface area contributed by atoms with Gasteiger partial charge in [0.15, 0.2) is 5.96 Å². The maximum Gasteiger partial charge on any atom is 0.194 e. The number of morpholine rings is 1. The Kier molecular flexibility index (Phi) is 7.29. The van der Waals surface area contributed by atoms with Gasteiger partial charge in [-0.1, -0.05) is 24.3 Å². The summed E-state index contributed by atoms with van der Waals surface area (Å²) in [6, 6.07) is 8.44. The molecule has 1 N–H and O–H groups in total. The molecular formula is C20H31N3O3. The minimum absolute atomic E-state index is 0.142. The first kappa shape index (κ1) is 19.1. The molecule has 0 amide bonds. The van der Waals surface area contributed by atoms with Crippen LogP contribution < -0.4 is 5.32 Å². The maximum absolute atomic E-state index is 5.96. The summed E-state index contributed by atoms with van der Waals surface area (Å²) in [7, 11) is 1.72. The highest BCUT2D eigenvalue weighted by Crippen LogP contribution is 2.21. The number of nitrogens with zero attached hydrogens (tertiary/aromatic N) is 2. The maximum atomic E-state index is 5.96. The Hall–Kier alpha value is -1.63. The number of methoxy groups -OCH3 is 1. The van der Waals surface area contributed by atoms with Gasteiger partial charge in [-0.15, -0.1) is 0 Å². The Morgan fingerprint density at radius 2 is 1.96 bits per heavy atom. The van der Waals surface area contributed by atoms with Crippen molar-refractivity contribution < 1.29 is 14.2 Å². The largest absolute Gasteiger partial charge is 0.380 e. The van der Waals surface area contributed by atoms with Crippen LogP contribution in [0, 0.1) is 0 Å². The van der Waals surface area contributed by atoms with Crippen LogP contribution in [0.3, 0.4) is 0 Å². The van der Waals surface area contributed by atoms with E-state index in [-0.39, 0.29) is 12.2 Å². The van der Waals surface area contributed by atoms with Crippen LogP contribution in [0.25, 0.3) is 0 Å². The van der Waals surface area contributed by atoms with Gasteiger partial charge in [-0.3, -0.25) is 0 Å². The molecule has 2 saturated heterocycles. The molecule has 0 spiro atoms. The molecule has 0 saturated carbocycles. The van der Waals surface area contributed by atoms with Gasteiger partial charge in [0.2, 0.25) is 0 Å². The molecule has 26 heavy (non-hydrogen) atoms. The second kappa shape index (κ2) is 9.90. The molecule has 6 heteroatoms. The molecule has 2 heterocycles. The summed E-state index contributed by atoms with van der Waals surface area (Å²) >= 11 is 0. The second-order valence-corrected chi connectivity index (χ2v) is 6.83. The van der Waals surface area contributed by atoms with Crippen LogP contribution in [0.4, 0.5) is 0 Å². The first-order valence-electron chi connectivity index (χ1n) is 9.63. The van der Waals surface area contributed by atoms with Crippen LogP contribution in [0.15, 0.2) is 29.3 Å². The summed E-state index contributed by atoms with van der Waals surface area (Å²) < 4.78 is 16.9. The van der Waals surface area contributed by atoms with Crippen molar-refractivity contribution in [2.45, 2.75) is 45.1 Å². The molecular weight excluding hydrogens is 330 g/mol. The third-order valence-electron chi connectivity index (χ3n) is 4.85.